The van der Waals surface area contributed by atoms with Gasteiger partial charge in [0, 0.05) is 12.3 Å². The molecule has 0 amide bonds. The van der Waals surface area contributed by atoms with Crippen LogP contribution in [-0.4, -0.2) is 22.5 Å². The number of ether oxygens (including phenoxy) is 1. The molecule has 0 N–H and O–H groups in total. The Kier molecular flexibility index (Phi) is 2.40. The quantitative estimate of drug-likeness (QED) is 0.663. The summed E-state index contributed by atoms with van der Waals surface area (Å²) in [6, 6.07) is 3.46. The molecule has 0 unspecified atom stereocenters. The van der Waals surface area contributed by atoms with E-state index >= 15 is 0 Å². The van der Waals surface area contributed by atoms with E-state index in [-0.39, 0.29) is 11.3 Å². The lowest BCUT2D eigenvalue weighted by Gasteiger charge is -2.02. The van der Waals surface area contributed by atoms with Gasteiger partial charge in [-0.1, -0.05) is 0 Å². The van der Waals surface area contributed by atoms with Crippen molar-refractivity contribution in [2.75, 3.05) is 7.11 Å². The molecule has 0 saturated carbocycles. The Balaban J connectivity index is 2.73. The molecular weight excluding hydrogens is 215 g/mol. The van der Waals surface area contributed by atoms with Crippen molar-refractivity contribution >= 4 is 11.6 Å². The normalized spacial score (nSPS) is 10.4. The SMILES string of the molecule is COC(=O)c1cc(=O)n2cc(F)ccc2n1. The van der Waals surface area contributed by atoms with Gasteiger partial charge in [0.1, 0.15) is 11.5 Å². The summed E-state index contributed by atoms with van der Waals surface area (Å²) in [4.78, 5) is 26.6. The summed E-state index contributed by atoms with van der Waals surface area (Å²) >= 11 is 0. The minimum atomic E-state index is -0.705. The lowest BCUT2D eigenvalue weighted by atomic mass is 10.3. The lowest BCUT2D eigenvalue weighted by Crippen LogP contribution is -2.18. The molecule has 0 atom stereocenters. The Morgan fingerprint density at radius 2 is 2.25 bits per heavy atom. The second-order valence-corrected chi connectivity index (χ2v) is 3.05. The van der Waals surface area contributed by atoms with Crippen molar-refractivity contribution in [3.63, 3.8) is 0 Å². The van der Waals surface area contributed by atoms with Gasteiger partial charge in [-0.25, -0.2) is 14.2 Å². The molecule has 16 heavy (non-hydrogen) atoms. The van der Waals surface area contributed by atoms with E-state index in [1.54, 1.807) is 0 Å². The maximum Gasteiger partial charge on any atom is 0.356 e. The fourth-order valence-corrected chi connectivity index (χ4v) is 1.29. The summed E-state index contributed by atoms with van der Waals surface area (Å²) in [7, 11) is 1.19. The average molecular weight is 222 g/mol. The smallest absolute Gasteiger partial charge is 0.356 e. The second-order valence-electron chi connectivity index (χ2n) is 3.05. The fourth-order valence-electron chi connectivity index (χ4n) is 1.29. The number of aromatic nitrogens is 2. The minimum absolute atomic E-state index is 0.0980. The maximum absolute atomic E-state index is 12.9. The van der Waals surface area contributed by atoms with E-state index in [0.717, 1.165) is 22.7 Å². The highest BCUT2D eigenvalue weighted by Crippen LogP contribution is 2.02. The topological polar surface area (TPSA) is 60.7 Å². The molecule has 6 heteroatoms. The molecule has 0 aromatic carbocycles. The molecule has 0 aliphatic carbocycles. The number of rotatable bonds is 1. The summed E-state index contributed by atoms with van der Waals surface area (Å²) < 4.78 is 18.3. The molecule has 0 saturated heterocycles. The van der Waals surface area contributed by atoms with Crippen molar-refractivity contribution in [1.29, 1.82) is 0 Å². The van der Waals surface area contributed by atoms with Gasteiger partial charge in [0.05, 0.1) is 7.11 Å². The van der Waals surface area contributed by atoms with Crippen LogP contribution in [0.5, 0.6) is 0 Å². The van der Waals surface area contributed by atoms with Crippen LogP contribution in [0.1, 0.15) is 10.5 Å². The molecule has 2 aromatic rings. The van der Waals surface area contributed by atoms with Gasteiger partial charge in [0.15, 0.2) is 5.69 Å². The highest BCUT2D eigenvalue weighted by molar-refractivity contribution is 5.87. The molecule has 0 spiro atoms. The molecule has 0 aliphatic rings. The number of methoxy groups -OCH3 is 1. The largest absolute Gasteiger partial charge is 0.464 e. The second kappa shape index (κ2) is 3.73. The Bertz CT molecular complexity index is 621. The molecular formula is C10H7FN2O3. The van der Waals surface area contributed by atoms with E-state index in [2.05, 4.69) is 9.72 Å². The number of hydrogen-bond acceptors (Lipinski definition) is 4. The molecule has 0 aliphatic heterocycles. The first kappa shape index (κ1) is 10.3. The first-order valence-corrected chi connectivity index (χ1v) is 4.39. The molecule has 2 heterocycles. The van der Waals surface area contributed by atoms with Crippen LogP contribution in [0.4, 0.5) is 4.39 Å². The minimum Gasteiger partial charge on any atom is -0.464 e. The monoisotopic (exact) mass is 222 g/mol. The summed E-state index contributed by atoms with van der Waals surface area (Å²) in [5.41, 5.74) is -0.446. The van der Waals surface area contributed by atoms with Crippen LogP contribution in [0, 0.1) is 5.82 Å². The number of esters is 1. The zero-order chi connectivity index (χ0) is 11.7. The van der Waals surface area contributed by atoms with Crippen molar-refractivity contribution in [2.24, 2.45) is 0 Å². The number of carbonyl (C=O) groups is 1. The molecule has 2 rings (SSSR count). The van der Waals surface area contributed by atoms with Crippen LogP contribution >= 0.6 is 0 Å². The number of nitrogens with zero attached hydrogens (tertiary/aromatic N) is 2. The van der Waals surface area contributed by atoms with Gasteiger partial charge in [-0.3, -0.25) is 9.20 Å². The van der Waals surface area contributed by atoms with Gasteiger partial charge in [0.2, 0.25) is 0 Å². The Hall–Kier alpha value is -2.24. The van der Waals surface area contributed by atoms with E-state index in [0.29, 0.717) is 0 Å². The lowest BCUT2D eigenvalue weighted by molar-refractivity contribution is 0.0594. The third kappa shape index (κ3) is 1.65. The predicted octanol–water partition coefficient (Wildman–Crippen LogP) is 0.620. The Labute approximate surface area is 89.1 Å². The zero-order valence-electron chi connectivity index (χ0n) is 8.31. The molecule has 0 bridgehead atoms. The predicted molar refractivity (Wildman–Crippen MR) is 52.8 cm³/mol. The Morgan fingerprint density at radius 3 is 2.94 bits per heavy atom. The van der Waals surface area contributed by atoms with Gasteiger partial charge in [-0.05, 0) is 12.1 Å². The van der Waals surface area contributed by atoms with E-state index in [4.69, 9.17) is 0 Å². The van der Waals surface area contributed by atoms with Crippen LogP contribution in [0.15, 0.2) is 29.2 Å². The highest BCUT2D eigenvalue weighted by Gasteiger charge is 2.10. The molecule has 5 nitrogen and oxygen atoms in total. The number of halogens is 1. The van der Waals surface area contributed by atoms with Crippen LogP contribution < -0.4 is 5.56 Å². The van der Waals surface area contributed by atoms with Crippen LogP contribution in [0.25, 0.3) is 5.65 Å². The fraction of sp³-hybridized carbons (Fsp3) is 0.100. The molecule has 82 valence electrons. The van der Waals surface area contributed by atoms with Crippen molar-refractivity contribution < 1.29 is 13.9 Å². The van der Waals surface area contributed by atoms with Crippen LogP contribution in [0.2, 0.25) is 0 Å². The number of pyridine rings is 1. The van der Waals surface area contributed by atoms with E-state index < -0.39 is 17.3 Å². The number of fused-ring (bicyclic) bond motifs is 1. The maximum atomic E-state index is 12.9. The average Bonchev–Trinajstić information content (AvgIpc) is 2.28. The van der Waals surface area contributed by atoms with Gasteiger partial charge < -0.3 is 4.74 Å². The molecule has 0 radical (unpaired) electrons. The zero-order valence-corrected chi connectivity index (χ0v) is 8.31. The van der Waals surface area contributed by atoms with Crippen molar-refractivity contribution in [3.8, 4) is 0 Å². The number of carbonyl (C=O) groups excluding carboxylic acids is 1. The van der Waals surface area contributed by atoms with Crippen molar-refractivity contribution in [2.45, 2.75) is 0 Å². The summed E-state index contributed by atoms with van der Waals surface area (Å²) in [5.74, 6) is -1.26. The first-order chi connectivity index (χ1) is 7.61. The standard InChI is InChI=1S/C10H7FN2O3/c1-16-10(15)7-4-9(14)13-5-6(11)2-3-8(13)12-7/h2-5H,1H3. The van der Waals surface area contributed by atoms with E-state index in [1.165, 1.54) is 13.2 Å². The van der Waals surface area contributed by atoms with Crippen LogP contribution in [-0.2, 0) is 4.74 Å². The Morgan fingerprint density at radius 1 is 1.50 bits per heavy atom. The van der Waals surface area contributed by atoms with Gasteiger partial charge in [0.25, 0.3) is 5.56 Å². The van der Waals surface area contributed by atoms with Crippen LogP contribution in [0.3, 0.4) is 0 Å². The van der Waals surface area contributed by atoms with Gasteiger partial charge in [-0.15, -0.1) is 0 Å². The van der Waals surface area contributed by atoms with Crippen molar-refractivity contribution in [1.82, 2.24) is 9.38 Å². The summed E-state index contributed by atoms with van der Waals surface area (Å²) in [6.07, 6.45) is 1.01. The highest BCUT2D eigenvalue weighted by atomic mass is 19.1. The molecule has 0 fully saturated rings. The molecule has 2 aromatic heterocycles. The summed E-state index contributed by atoms with van der Waals surface area (Å²) in [6.45, 7) is 0. The van der Waals surface area contributed by atoms with Gasteiger partial charge >= 0.3 is 5.97 Å². The van der Waals surface area contributed by atoms with Crippen molar-refractivity contribution in [3.05, 3.63) is 46.3 Å². The van der Waals surface area contributed by atoms with E-state index in [9.17, 15) is 14.0 Å². The first-order valence-electron chi connectivity index (χ1n) is 4.39. The van der Waals surface area contributed by atoms with E-state index in [1.807, 2.05) is 0 Å². The third-order valence-corrected chi connectivity index (χ3v) is 2.02. The third-order valence-electron chi connectivity index (χ3n) is 2.02. The number of hydrogen-bond donors (Lipinski definition) is 0. The summed E-state index contributed by atoms with van der Waals surface area (Å²) in [5, 5.41) is 0. The van der Waals surface area contributed by atoms with Gasteiger partial charge in [-0.2, -0.15) is 0 Å².